The molecule has 1 heterocycles. The van der Waals surface area contributed by atoms with Crippen LogP contribution in [0.5, 0.6) is 5.75 Å². The molecule has 0 saturated heterocycles. The maximum Gasteiger partial charge on any atom is 0.316 e. The Morgan fingerprint density at radius 1 is 1.08 bits per heavy atom. The monoisotopic (exact) mass is 350 g/mol. The topological polar surface area (TPSA) is 65.7 Å². The number of Topliss-reactive ketones (excluding diaryl/α,β-unsaturated/α-hetero) is 1. The molecule has 0 amide bonds. The minimum atomic E-state index is -0.861. The van der Waals surface area contributed by atoms with Gasteiger partial charge in [0.05, 0.1) is 14.2 Å². The van der Waals surface area contributed by atoms with E-state index in [1.807, 2.05) is 48.5 Å². The van der Waals surface area contributed by atoms with Crippen LogP contribution in [0.25, 0.3) is 11.0 Å². The van der Waals surface area contributed by atoms with Crippen molar-refractivity contribution in [3.63, 3.8) is 0 Å². The first-order valence-electron chi connectivity index (χ1n) is 8.41. The number of rotatable bonds is 3. The second-order valence-corrected chi connectivity index (χ2v) is 6.34. The summed E-state index contributed by atoms with van der Waals surface area (Å²) in [5.74, 6) is -0.829. The van der Waals surface area contributed by atoms with Crippen LogP contribution in [0, 0.1) is 5.92 Å². The number of fused-ring (bicyclic) bond motifs is 3. The number of benzene rings is 2. The van der Waals surface area contributed by atoms with Gasteiger partial charge in [0.25, 0.3) is 0 Å². The minimum absolute atomic E-state index is 0.138. The van der Waals surface area contributed by atoms with Gasteiger partial charge in [-0.15, -0.1) is 0 Å². The van der Waals surface area contributed by atoms with Gasteiger partial charge in [-0.05, 0) is 30.2 Å². The van der Waals surface area contributed by atoms with Crippen LogP contribution in [0.4, 0.5) is 0 Å². The van der Waals surface area contributed by atoms with Crippen LogP contribution < -0.4 is 4.74 Å². The van der Waals surface area contributed by atoms with Gasteiger partial charge >= 0.3 is 5.97 Å². The molecule has 0 N–H and O–H groups in total. The van der Waals surface area contributed by atoms with E-state index in [0.29, 0.717) is 12.0 Å². The number of para-hydroxylation sites is 1. The van der Waals surface area contributed by atoms with Gasteiger partial charge in [0.15, 0.2) is 5.76 Å². The molecule has 5 heteroatoms. The number of carbonyl (C=O) groups is 2. The van der Waals surface area contributed by atoms with E-state index in [-0.39, 0.29) is 17.5 Å². The second kappa shape index (κ2) is 6.33. The molecule has 5 nitrogen and oxygen atoms in total. The fourth-order valence-electron chi connectivity index (χ4n) is 3.70. The first-order chi connectivity index (χ1) is 12.6. The van der Waals surface area contributed by atoms with Crippen LogP contribution in [0.15, 0.2) is 52.9 Å². The Kier molecular flexibility index (Phi) is 3.99. The summed E-state index contributed by atoms with van der Waals surface area (Å²) in [7, 11) is 2.91. The molecule has 1 aromatic heterocycles. The van der Waals surface area contributed by atoms with Crippen LogP contribution in [0.2, 0.25) is 0 Å². The summed E-state index contributed by atoms with van der Waals surface area (Å²) >= 11 is 0. The molecule has 2 unspecified atom stereocenters. The van der Waals surface area contributed by atoms with E-state index < -0.39 is 11.9 Å². The van der Waals surface area contributed by atoms with Crippen molar-refractivity contribution in [2.24, 2.45) is 5.92 Å². The van der Waals surface area contributed by atoms with E-state index in [1.165, 1.54) is 7.11 Å². The van der Waals surface area contributed by atoms with E-state index in [1.54, 1.807) is 7.11 Å². The fourth-order valence-corrected chi connectivity index (χ4v) is 3.70. The third kappa shape index (κ3) is 2.47. The zero-order valence-electron chi connectivity index (χ0n) is 14.5. The molecular formula is C21H18O5. The zero-order valence-corrected chi connectivity index (χ0v) is 14.5. The number of furan rings is 1. The highest BCUT2D eigenvalue weighted by molar-refractivity contribution is 6.11. The standard InChI is InChI=1S/C21H18O5/c1-24-13-9-7-12(8-10-13)15-11-16(21(23)25-2)19(22)20-18(15)14-5-3-4-6-17(14)26-20/h3-10,15-16H,11H2,1-2H3. The third-order valence-electron chi connectivity index (χ3n) is 5.00. The largest absolute Gasteiger partial charge is 0.497 e. The van der Waals surface area contributed by atoms with Crippen LogP contribution in [-0.4, -0.2) is 26.0 Å². The Morgan fingerprint density at radius 2 is 1.81 bits per heavy atom. The lowest BCUT2D eigenvalue weighted by Gasteiger charge is -2.26. The van der Waals surface area contributed by atoms with Crippen molar-refractivity contribution in [3.8, 4) is 5.75 Å². The summed E-state index contributed by atoms with van der Waals surface area (Å²) in [6.07, 6.45) is 0.356. The highest BCUT2D eigenvalue weighted by atomic mass is 16.5. The summed E-state index contributed by atoms with van der Waals surface area (Å²) < 4.78 is 15.9. The summed E-state index contributed by atoms with van der Waals surface area (Å²) in [4.78, 5) is 25.0. The molecule has 4 rings (SSSR count). The Balaban J connectivity index is 1.90. The lowest BCUT2D eigenvalue weighted by atomic mass is 9.75. The van der Waals surface area contributed by atoms with E-state index >= 15 is 0 Å². The lowest BCUT2D eigenvalue weighted by molar-refractivity contribution is -0.144. The van der Waals surface area contributed by atoms with Gasteiger partial charge in [-0.2, -0.15) is 0 Å². The Labute approximate surface area is 150 Å². The maximum atomic E-state index is 12.8. The molecule has 132 valence electrons. The molecule has 26 heavy (non-hydrogen) atoms. The van der Waals surface area contributed by atoms with Gasteiger partial charge in [-0.1, -0.05) is 30.3 Å². The number of hydrogen-bond acceptors (Lipinski definition) is 5. The highest BCUT2D eigenvalue weighted by Gasteiger charge is 2.42. The third-order valence-corrected chi connectivity index (χ3v) is 5.00. The molecule has 0 fully saturated rings. The van der Waals surface area contributed by atoms with Crippen molar-refractivity contribution < 1.29 is 23.5 Å². The minimum Gasteiger partial charge on any atom is -0.497 e. The van der Waals surface area contributed by atoms with Gasteiger partial charge in [-0.3, -0.25) is 9.59 Å². The molecule has 0 bridgehead atoms. The first-order valence-corrected chi connectivity index (χ1v) is 8.41. The molecule has 2 aromatic carbocycles. The molecule has 1 aliphatic rings. The van der Waals surface area contributed by atoms with Crippen molar-refractivity contribution >= 4 is 22.7 Å². The summed E-state index contributed by atoms with van der Waals surface area (Å²) in [6, 6.07) is 15.2. The van der Waals surface area contributed by atoms with Crippen molar-refractivity contribution in [3.05, 3.63) is 65.4 Å². The van der Waals surface area contributed by atoms with E-state index in [2.05, 4.69) is 0 Å². The molecular weight excluding hydrogens is 332 g/mol. The molecule has 0 aliphatic heterocycles. The van der Waals surface area contributed by atoms with Gasteiger partial charge in [0.1, 0.15) is 17.3 Å². The molecule has 0 saturated carbocycles. The van der Waals surface area contributed by atoms with Crippen LogP contribution in [0.3, 0.4) is 0 Å². The summed E-state index contributed by atoms with van der Waals surface area (Å²) in [5.41, 5.74) is 2.49. The predicted octanol–water partition coefficient (Wildman–Crippen LogP) is 3.95. The molecule has 0 radical (unpaired) electrons. The smallest absolute Gasteiger partial charge is 0.316 e. The fraction of sp³-hybridized carbons (Fsp3) is 0.238. The van der Waals surface area contributed by atoms with Gasteiger partial charge in [0.2, 0.25) is 5.78 Å². The molecule has 1 aliphatic carbocycles. The second-order valence-electron chi connectivity index (χ2n) is 6.34. The summed E-state index contributed by atoms with van der Waals surface area (Å²) in [6.45, 7) is 0. The Bertz CT molecular complexity index is 983. The van der Waals surface area contributed by atoms with Crippen molar-refractivity contribution in [2.45, 2.75) is 12.3 Å². The van der Waals surface area contributed by atoms with Crippen molar-refractivity contribution in [1.29, 1.82) is 0 Å². The van der Waals surface area contributed by atoms with Crippen LogP contribution >= 0.6 is 0 Å². The Morgan fingerprint density at radius 3 is 2.50 bits per heavy atom. The zero-order chi connectivity index (χ0) is 18.3. The predicted molar refractivity (Wildman–Crippen MR) is 95.5 cm³/mol. The first kappa shape index (κ1) is 16.4. The van der Waals surface area contributed by atoms with Crippen LogP contribution in [0.1, 0.15) is 34.0 Å². The van der Waals surface area contributed by atoms with Gasteiger partial charge in [-0.25, -0.2) is 0 Å². The average Bonchev–Trinajstić information content (AvgIpc) is 3.08. The number of esters is 1. The maximum absolute atomic E-state index is 12.8. The van der Waals surface area contributed by atoms with Crippen molar-refractivity contribution in [1.82, 2.24) is 0 Å². The number of ketones is 1. The van der Waals surface area contributed by atoms with Gasteiger partial charge < -0.3 is 13.9 Å². The lowest BCUT2D eigenvalue weighted by Crippen LogP contribution is -2.32. The van der Waals surface area contributed by atoms with E-state index in [0.717, 1.165) is 22.3 Å². The van der Waals surface area contributed by atoms with E-state index in [4.69, 9.17) is 13.9 Å². The quantitative estimate of drug-likeness (QED) is 0.529. The van der Waals surface area contributed by atoms with Crippen LogP contribution in [-0.2, 0) is 9.53 Å². The SMILES string of the molecule is COC(=O)C1CC(c2ccc(OC)cc2)c2c(oc3ccccc23)C1=O. The normalized spacial score (nSPS) is 19.2. The van der Waals surface area contributed by atoms with Crippen molar-refractivity contribution in [2.75, 3.05) is 14.2 Å². The highest BCUT2D eigenvalue weighted by Crippen LogP contribution is 2.44. The number of ether oxygens (including phenoxy) is 2. The average molecular weight is 350 g/mol. The number of hydrogen-bond donors (Lipinski definition) is 0. The molecule has 2 atom stereocenters. The molecule has 3 aromatic rings. The Hall–Kier alpha value is -3.08. The van der Waals surface area contributed by atoms with E-state index in [9.17, 15) is 9.59 Å². The number of carbonyl (C=O) groups excluding carboxylic acids is 2. The number of methoxy groups -OCH3 is 2. The molecule has 0 spiro atoms. The van der Waals surface area contributed by atoms with Gasteiger partial charge in [0, 0.05) is 16.9 Å². The summed E-state index contributed by atoms with van der Waals surface area (Å²) in [5, 5.41) is 0.903.